The summed E-state index contributed by atoms with van der Waals surface area (Å²) < 4.78 is 2.18. The van der Waals surface area contributed by atoms with Crippen LogP contribution < -0.4 is 0 Å². The molecule has 4 heteroatoms. The van der Waals surface area contributed by atoms with E-state index in [0.717, 1.165) is 50.0 Å². The van der Waals surface area contributed by atoms with E-state index in [2.05, 4.69) is 127 Å². The van der Waals surface area contributed by atoms with Gasteiger partial charge in [0.15, 0.2) is 11.6 Å². The summed E-state index contributed by atoms with van der Waals surface area (Å²) in [7, 11) is 0. The van der Waals surface area contributed by atoms with E-state index in [-0.39, 0.29) is 0 Å². The van der Waals surface area contributed by atoms with Gasteiger partial charge >= 0.3 is 0 Å². The number of hydrogen-bond donors (Lipinski definition) is 0. The Balaban J connectivity index is 1.34. The molecule has 2 heterocycles. The SMILES string of the molecule is C=C1/C(=C\c2c(C)n(-c3nc(-c4ccccc4)nc(-c4ccccc4)n3)c3ccccc23)C(c2ccccc2)(c2ccccc2)c2ccccc21. The van der Waals surface area contributed by atoms with Gasteiger partial charge in [0, 0.05) is 27.8 Å². The van der Waals surface area contributed by atoms with Gasteiger partial charge in [-0.2, -0.15) is 9.97 Å². The van der Waals surface area contributed by atoms with Gasteiger partial charge in [0.1, 0.15) is 0 Å². The maximum atomic E-state index is 5.13. The molecule has 0 unspecified atom stereocenters. The predicted octanol–water partition coefficient (Wildman–Crippen LogP) is 10.9. The molecule has 0 atom stereocenters. The summed E-state index contributed by atoms with van der Waals surface area (Å²) >= 11 is 0. The Kier molecular flexibility index (Phi) is 7.36. The fourth-order valence-corrected chi connectivity index (χ4v) is 7.82. The molecule has 0 N–H and O–H groups in total. The molecule has 0 bridgehead atoms. The summed E-state index contributed by atoms with van der Waals surface area (Å²) in [5, 5.41) is 1.12. The summed E-state index contributed by atoms with van der Waals surface area (Å²) in [4.78, 5) is 15.2. The monoisotopic (exact) mass is 654 g/mol. The van der Waals surface area contributed by atoms with E-state index in [1.807, 2.05) is 60.7 Å². The Hall–Kier alpha value is -6.65. The van der Waals surface area contributed by atoms with Crippen molar-refractivity contribution in [3.63, 3.8) is 0 Å². The number of allylic oxidation sites excluding steroid dienone is 2. The lowest BCUT2D eigenvalue weighted by atomic mass is 9.67. The zero-order valence-electron chi connectivity index (χ0n) is 28.2. The van der Waals surface area contributed by atoms with Crippen molar-refractivity contribution >= 4 is 22.6 Å². The van der Waals surface area contributed by atoms with Crippen LogP contribution in [0.5, 0.6) is 0 Å². The van der Waals surface area contributed by atoms with Gasteiger partial charge in [-0.25, -0.2) is 4.98 Å². The van der Waals surface area contributed by atoms with Crippen LogP contribution in [0.15, 0.2) is 182 Å². The van der Waals surface area contributed by atoms with Gasteiger partial charge in [0.25, 0.3) is 0 Å². The third kappa shape index (κ3) is 4.87. The number of fused-ring (bicyclic) bond motifs is 2. The first-order chi connectivity index (χ1) is 25.1. The van der Waals surface area contributed by atoms with Crippen molar-refractivity contribution < 1.29 is 0 Å². The van der Waals surface area contributed by atoms with E-state index < -0.39 is 5.41 Å². The number of benzene rings is 6. The summed E-state index contributed by atoms with van der Waals surface area (Å²) in [5.41, 5.74) is 11.4. The van der Waals surface area contributed by atoms with E-state index in [9.17, 15) is 0 Å². The molecule has 51 heavy (non-hydrogen) atoms. The average Bonchev–Trinajstić information content (AvgIpc) is 3.63. The fourth-order valence-electron chi connectivity index (χ4n) is 7.82. The zero-order valence-corrected chi connectivity index (χ0v) is 28.2. The third-order valence-corrected chi connectivity index (χ3v) is 10.1. The maximum Gasteiger partial charge on any atom is 0.238 e. The van der Waals surface area contributed by atoms with Gasteiger partial charge in [0.2, 0.25) is 5.95 Å². The Morgan fingerprint density at radius 3 is 1.63 bits per heavy atom. The van der Waals surface area contributed by atoms with Crippen molar-refractivity contribution in [3.8, 4) is 28.7 Å². The van der Waals surface area contributed by atoms with Gasteiger partial charge in [-0.3, -0.25) is 4.57 Å². The highest BCUT2D eigenvalue weighted by atomic mass is 15.2. The lowest BCUT2D eigenvalue weighted by Gasteiger charge is -2.34. The Morgan fingerprint density at radius 2 is 1.04 bits per heavy atom. The molecule has 1 aliphatic rings. The Morgan fingerprint density at radius 1 is 0.549 bits per heavy atom. The molecular weight excluding hydrogens is 621 g/mol. The second-order valence-corrected chi connectivity index (χ2v) is 12.9. The van der Waals surface area contributed by atoms with Crippen molar-refractivity contribution in [3.05, 3.63) is 216 Å². The molecule has 9 rings (SSSR count). The quantitative estimate of drug-likeness (QED) is 0.179. The molecule has 6 aromatic carbocycles. The van der Waals surface area contributed by atoms with Crippen LogP contribution in [-0.2, 0) is 5.41 Å². The largest absolute Gasteiger partial charge is 0.282 e. The topological polar surface area (TPSA) is 43.6 Å². The molecule has 1 aliphatic carbocycles. The van der Waals surface area contributed by atoms with Crippen molar-refractivity contribution in [2.45, 2.75) is 12.3 Å². The minimum absolute atomic E-state index is 0.569. The summed E-state index contributed by atoms with van der Waals surface area (Å²) in [6.07, 6.45) is 2.37. The highest BCUT2D eigenvalue weighted by Gasteiger charge is 2.47. The van der Waals surface area contributed by atoms with Crippen molar-refractivity contribution in [2.24, 2.45) is 0 Å². The van der Waals surface area contributed by atoms with Gasteiger partial charge in [-0.1, -0.05) is 170 Å². The first kappa shape index (κ1) is 30.4. The standard InChI is InChI=1S/C47H34N4/c1-32-38-27-15-17-29-41(38)47(36-23-11-5-12-24-36,37-25-13-6-14-26-37)42(32)31-40-33(2)51(43-30-18-16-28-39(40)43)46-49-44(34-19-7-3-8-20-34)48-45(50-46)35-21-9-4-10-22-35/h3-31H,1H2,2H3/b42-31+. The molecule has 0 aliphatic heterocycles. The van der Waals surface area contributed by atoms with Crippen LogP contribution in [0.2, 0.25) is 0 Å². The van der Waals surface area contributed by atoms with Gasteiger partial charge in [-0.15, -0.1) is 0 Å². The molecule has 0 amide bonds. The molecule has 8 aromatic rings. The number of nitrogens with zero attached hydrogens (tertiary/aromatic N) is 4. The lowest BCUT2D eigenvalue weighted by Crippen LogP contribution is -2.28. The number of hydrogen-bond acceptors (Lipinski definition) is 3. The summed E-state index contributed by atoms with van der Waals surface area (Å²) in [6.45, 7) is 6.94. The van der Waals surface area contributed by atoms with Gasteiger partial charge in [-0.05, 0) is 52.5 Å². The molecular formula is C47H34N4. The van der Waals surface area contributed by atoms with Crippen LogP contribution >= 0.6 is 0 Å². The molecule has 0 fully saturated rings. The molecule has 0 radical (unpaired) electrons. The summed E-state index contributed by atoms with van der Waals surface area (Å²) in [5.74, 6) is 1.83. The fraction of sp³-hybridized carbons (Fsp3) is 0.0426. The second-order valence-electron chi connectivity index (χ2n) is 12.9. The van der Waals surface area contributed by atoms with Gasteiger partial charge in [0.05, 0.1) is 10.9 Å². The Bertz CT molecular complexity index is 2490. The smallest absolute Gasteiger partial charge is 0.238 e. The molecule has 0 saturated heterocycles. The molecule has 0 saturated carbocycles. The summed E-state index contributed by atoms with van der Waals surface area (Å²) in [6, 6.07) is 59.2. The highest BCUT2D eigenvalue weighted by molar-refractivity contribution is 6.01. The lowest BCUT2D eigenvalue weighted by molar-refractivity contribution is 0.774. The van der Waals surface area contributed by atoms with E-state index in [4.69, 9.17) is 21.5 Å². The minimum atomic E-state index is -0.569. The number of rotatable bonds is 6. The first-order valence-electron chi connectivity index (χ1n) is 17.2. The van der Waals surface area contributed by atoms with Crippen molar-refractivity contribution in [1.82, 2.24) is 19.5 Å². The van der Waals surface area contributed by atoms with Crippen LogP contribution in [-0.4, -0.2) is 19.5 Å². The van der Waals surface area contributed by atoms with Crippen LogP contribution in [0.3, 0.4) is 0 Å². The maximum absolute atomic E-state index is 5.13. The average molecular weight is 655 g/mol. The second kappa shape index (κ2) is 12.3. The highest BCUT2D eigenvalue weighted by Crippen LogP contribution is 2.57. The molecule has 2 aromatic heterocycles. The Labute approximate surface area is 297 Å². The first-order valence-corrected chi connectivity index (χ1v) is 17.2. The normalized spacial score (nSPS) is 14.2. The van der Waals surface area contributed by atoms with Crippen LogP contribution in [0.1, 0.15) is 33.5 Å². The number of para-hydroxylation sites is 1. The van der Waals surface area contributed by atoms with Crippen molar-refractivity contribution in [1.29, 1.82) is 0 Å². The van der Waals surface area contributed by atoms with E-state index in [0.29, 0.717) is 17.6 Å². The minimum Gasteiger partial charge on any atom is -0.282 e. The van der Waals surface area contributed by atoms with E-state index in [1.54, 1.807) is 0 Å². The predicted molar refractivity (Wildman–Crippen MR) is 208 cm³/mol. The van der Waals surface area contributed by atoms with E-state index in [1.165, 1.54) is 16.7 Å². The van der Waals surface area contributed by atoms with Gasteiger partial charge < -0.3 is 0 Å². The van der Waals surface area contributed by atoms with Crippen LogP contribution in [0, 0.1) is 6.92 Å². The molecule has 0 spiro atoms. The zero-order chi connectivity index (χ0) is 34.4. The van der Waals surface area contributed by atoms with Crippen molar-refractivity contribution in [2.75, 3.05) is 0 Å². The molecule has 242 valence electrons. The van der Waals surface area contributed by atoms with Crippen LogP contribution in [0.4, 0.5) is 0 Å². The third-order valence-electron chi connectivity index (χ3n) is 10.1. The number of aromatic nitrogens is 4. The van der Waals surface area contributed by atoms with E-state index >= 15 is 0 Å². The molecule has 4 nitrogen and oxygen atoms in total. The van der Waals surface area contributed by atoms with Crippen LogP contribution in [0.25, 0.3) is 51.3 Å².